The van der Waals surface area contributed by atoms with Gasteiger partial charge in [-0.2, -0.15) is 0 Å². The Hall–Kier alpha value is -2.17. The van der Waals surface area contributed by atoms with Crippen LogP contribution in [0.1, 0.15) is 34.8 Å². The van der Waals surface area contributed by atoms with Crippen molar-refractivity contribution < 1.29 is 9.32 Å². The largest absolute Gasteiger partial charge is 0.351 e. The second kappa shape index (κ2) is 4.78. The van der Waals surface area contributed by atoms with Crippen molar-refractivity contribution in [3.63, 3.8) is 0 Å². The van der Waals surface area contributed by atoms with Crippen LogP contribution in [0, 0.1) is 6.92 Å². The first-order chi connectivity index (χ1) is 8.16. The van der Waals surface area contributed by atoms with Crippen molar-refractivity contribution in [3.05, 3.63) is 47.6 Å². The number of hydrogen-bond acceptors (Lipinski definition) is 4. The van der Waals surface area contributed by atoms with E-state index in [1.165, 1.54) is 0 Å². The number of hydrogen-bond donors (Lipinski definition) is 1. The predicted octanol–water partition coefficient (Wildman–Crippen LogP) is 1.87. The molecule has 0 aliphatic carbocycles. The third-order valence-corrected chi connectivity index (χ3v) is 2.41. The van der Waals surface area contributed by atoms with E-state index in [4.69, 9.17) is 4.52 Å². The van der Waals surface area contributed by atoms with Gasteiger partial charge in [-0.3, -0.25) is 9.78 Å². The Morgan fingerprint density at radius 1 is 1.41 bits per heavy atom. The van der Waals surface area contributed by atoms with Crippen LogP contribution >= 0.6 is 0 Å². The molecule has 2 heterocycles. The van der Waals surface area contributed by atoms with Crippen LogP contribution in [0.4, 0.5) is 0 Å². The lowest BCUT2D eigenvalue weighted by Gasteiger charge is -2.12. The van der Waals surface area contributed by atoms with Crippen molar-refractivity contribution in [2.24, 2.45) is 0 Å². The fourth-order valence-corrected chi connectivity index (χ4v) is 1.47. The lowest BCUT2D eigenvalue weighted by atomic mass is 10.1. The van der Waals surface area contributed by atoms with Crippen molar-refractivity contribution in [2.75, 3.05) is 0 Å². The molecule has 5 nitrogen and oxygen atoms in total. The van der Waals surface area contributed by atoms with Crippen LogP contribution in [0.5, 0.6) is 0 Å². The fourth-order valence-electron chi connectivity index (χ4n) is 1.47. The minimum atomic E-state index is -0.269. The summed E-state index contributed by atoms with van der Waals surface area (Å²) in [5.41, 5.74) is 1.68. The Morgan fingerprint density at radius 2 is 2.12 bits per heavy atom. The molecule has 2 aromatic heterocycles. The molecule has 0 spiro atoms. The third-order valence-electron chi connectivity index (χ3n) is 2.41. The first kappa shape index (κ1) is 11.3. The van der Waals surface area contributed by atoms with Crippen LogP contribution in [0.2, 0.25) is 0 Å². The number of rotatable bonds is 3. The highest BCUT2D eigenvalue weighted by Crippen LogP contribution is 2.11. The predicted molar refractivity (Wildman–Crippen MR) is 61.4 cm³/mol. The average molecular weight is 231 g/mol. The fraction of sp³-hybridized carbons (Fsp3) is 0.250. The first-order valence-corrected chi connectivity index (χ1v) is 5.31. The molecule has 17 heavy (non-hydrogen) atoms. The second-order valence-corrected chi connectivity index (χ2v) is 3.81. The number of pyridine rings is 1. The highest BCUT2D eigenvalue weighted by molar-refractivity contribution is 5.91. The summed E-state index contributed by atoms with van der Waals surface area (Å²) in [5.74, 6) is -0.0432. The van der Waals surface area contributed by atoms with Gasteiger partial charge in [-0.05, 0) is 31.5 Å². The number of amides is 1. The van der Waals surface area contributed by atoms with Gasteiger partial charge in [-0.15, -0.1) is 0 Å². The average Bonchev–Trinajstić information content (AvgIpc) is 2.77. The van der Waals surface area contributed by atoms with Gasteiger partial charge >= 0.3 is 0 Å². The lowest BCUT2D eigenvalue weighted by molar-refractivity contribution is 0.0902. The highest BCUT2D eigenvalue weighted by atomic mass is 16.5. The quantitative estimate of drug-likeness (QED) is 0.875. The Morgan fingerprint density at radius 3 is 2.71 bits per heavy atom. The maximum Gasteiger partial charge on any atom is 0.290 e. The van der Waals surface area contributed by atoms with E-state index in [-0.39, 0.29) is 17.7 Å². The number of nitrogens with one attached hydrogen (secondary N) is 1. The van der Waals surface area contributed by atoms with Crippen molar-refractivity contribution in [1.82, 2.24) is 15.5 Å². The van der Waals surface area contributed by atoms with Crippen LogP contribution in [0.25, 0.3) is 0 Å². The van der Waals surface area contributed by atoms with Gasteiger partial charge in [0.15, 0.2) is 0 Å². The van der Waals surface area contributed by atoms with E-state index in [1.807, 2.05) is 19.1 Å². The Balaban J connectivity index is 2.04. The molecule has 1 N–H and O–H groups in total. The smallest absolute Gasteiger partial charge is 0.290 e. The Labute approximate surface area is 98.8 Å². The molecule has 2 aromatic rings. The Kier molecular flexibility index (Phi) is 3.18. The zero-order valence-corrected chi connectivity index (χ0v) is 9.68. The standard InChI is InChI=1S/C12H13N3O2/c1-8-7-11(17-15-8)12(16)14-9(2)10-3-5-13-6-4-10/h3-7,9H,1-2H3,(H,14,16)/t9-/m1/s1. The van der Waals surface area contributed by atoms with E-state index in [2.05, 4.69) is 15.5 Å². The molecule has 0 aliphatic heterocycles. The van der Waals surface area contributed by atoms with Gasteiger partial charge in [0, 0.05) is 18.5 Å². The maximum absolute atomic E-state index is 11.8. The monoisotopic (exact) mass is 231 g/mol. The molecule has 0 saturated heterocycles. The highest BCUT2D eigenvalue weighted by Gasteiger charge is 2.14. The van der Waals surface area contributed by atoms with E-state index in [1.54, 1.807) is 25.4 Å². The summed E-state index contributed by atoms with van der Waals surface area (Å²) >= 11 is 0. The van der Waals surface area contributed by atoms with E-state index in [0.717, 1.165) is 5.56 Å². The van der Waals surface area contributed by atoms with Crippen LogP contribution in [0.3, 0.4) is 0 Å². The van der Waals surface area contributed by atoms with Crippen LogP contribution in [-0.2, 0) is 0 Å². The minimum Gasteiger partial charge on any atom is -0.351 e. The molecule has 5 heteroatoms. The van der Waals surface area contributed by atoms with E-state index in [0.29, 0.717) is 5.69 Å². The second-order valence-electron chi connectivity index (χ2n) is 3.81. The normalized spacial score (nSPS) is 12.1. The van der Waals surface area contributed by atoms with Gasteiger partial charge in [-0.25, -0.2) is 0 Å². The molecule has 0 aromatic carbocycles. The molecule has 2 rings (SSSR count). The van der Waals surface area contributed by atoms with Gasteiger partial charge < -0.3 is 9.84 Å². The zero-order chi connectivity index (χ0) is 12.3. The lowest BCUT2D eigenvalue weighted by Crippen LogP contribution is -2.26. The molecule has 0 saturated carbocycles. The minimum absolute atomic E-state index is 0.101. The van der Waals surface area contributed by atoms with E-state index in [9.17, 15) is 4.79 Å². The molecule has 0 bridgehead atoms. The molecule has 1 atom stereocenters. The number of nitrogens with zero attached hydrogens (tertiary/aromatic N) is 2. The topological polar surface area (TPSA) is 68.0 Å². The van der Waals surface area contributed by atoms with Crippen molar-refractivity contribution in [2.45, 2.75) is 19.9 Å². The molecular weight excluding hydrogens is 218 g/mol. The molecule has 0 unspecified atom stereocenters. The summed E-state index contributed by atoms with van der Waals surface area (Å²) in [4.78, 5) is 15.7. The molecule has 88 valence electrons. The first-order valence-electron chi connectivity index (χ1n) is 5.31. The van der Waals surface area contributed by atoms with Crippen LogP contribution in [0.15, 0.2) is 35.1 Å². The van der Waals surface area contributed by atoms with E-state index < -0.39 is 0 Å². The number of aromatic nitrogens is 2. The SMILES string of the molecule is Cc1cc(C(=O)N[C@H](C)c2ccncc2)on1. The molecule has 1 amide bonds. The molecular formula is C12H13N3O2. The molecule has 0 fully saturated rings. The van der Waals surface area contributed by atoms with Gasteiger partial charge in [0.05, 0.1) is 11.7 Å². The van der Waals surface area contributed by atoms with Gasteiger partial charge in [-0.1, -0.05) is 5.16 Å². The summed E-state index contributed by atoms with van der Waals surface area (Å²) in [5, 5.41) is 6.50. The zero-order valence-electron chi connectivity index (χ0n) is 9.68. The maximum atomic E-state index is 11.8. The van der Waals surface area contributed by atoms with E-state index >= 15 is 0 Å². The number of aryl methyl sites for hydroxylation is 1. The van der Waals surface area contributed by atoms with Gasteiger partial charge in [0.2, 0.25) is 5.76 Å². The third kappa shape index (κ3) is 2.69. The summed E-state index contributed by atoms with van der Waals surface area (Å²) in [6, 6.07) is 5.22. The molecule has 0 aliphatic rings. The number of carbonyl (C=O) groups is 1. The van der Waals surface area contributed by atoms with Crippen LogP contribution < -0.4 is 5.32 Å². The number of carbonyl (C=O) groups excluding carboxylic acids is 1. The van der Waals surface area contributed by atoms with Crippen molar-refractivity contribution in [3.8, 4) is 0 Å². The van der Waals surface area contributed by atoms with Crippen molar-refractivity contribution >= 4 is 5.91 Å². The summed E-state index contributed by atoms with van der Waals surface area (Å²) < 4.78 is 4.89. The summed E-state index contributed by atoms with van der Waals surface area (Å²) in [6.45, 7) is 3.67. The molecule has 0 radical (unpaired) electrons. The van der Waals surface area contributed by atoms with Crippen molar-refractivity contribution in [1.29, 1.82) is 0 Å². The Bertz CT molecular complexity index is 507. The van der Waals surface area contributed by atoms with Crippen LogP contribution in [-0.4, -0.2) is 16.0 Å². The van der Waals surface area contributed by atoms with Gasteiger partial charge in [0.25, 0.3) is 5.91 Å². The van der Waals surface area contributed by atoms with Gasteiger partial charge in [0.1, 0.15) is 0 Å². The summed E-state index contributed by atoms with van der Waals surface area (Å²) in [7, 11) is 0. The summed E-state index contributed by atoms with van der Waals surface area (Å²) in [6.07, 6.45) is 3.38.